The molecule has 1 heterocycles. The van der Waals surface area contributed by atoms with Crippen molar-refractivity contribution in [3.63, 3.8) is 0 Å². The zero-order valence-electron chi connectivity index (χ0n) is 16.5. The lowest BCUT2D eigenvalue weighted by Gasteiger charge is -2.35. The van der Waals surface area contributed by atoms with E-state index in [1.54, 1.807) is 30.5 Å². The minimum atomic E-state index is -1.78. The first-order valence-corrected chi connectivity index (χ1v) is 11.9. The zero-order valence-corrected chi connectivity index (χ0v) is 17.5. The molecule has 1 aromatic rings. The second-order valence-corrected chi connectivity index (χ2v) is 12.9. The first kappa shape index (κ1) is 20.4. The van der Waals surface area contributed by atoms with E-state index >= 15 is 0 Å². The van der Waals surface area contributed by atoms with E-state index in [4.69, 9.17) is 9.26 Å². The van der Waals surface area contributed by atoms with Crippen LogP contribution in [0.2, 0.25) is 18.1 Å². The van der Waals surface area contributed by atoms with Crippen LogP contribution >= 0.6 is 0 Å². The lowest BCUT2D eigenvalue weighted by Crippen LogP contribution is -2.39. The van der Waals surface area contributed by atoms with Gasteiger partial charge < -0.3 is 4.43 Å². The van der Waals surface area contributed by atoms with Crippen molar-refractivity contribution >= 4 is 20.1 Å². The van der Waals surface area contributed by atoms with E-state index < -0.39 is 20.1 Å². The van der Waals surface area contributed by atoms with Crippen molar-refractivity contribution < 1.29 is 18.9 Å². The predicted octanol–water partition coefficient (Wildman–Crippen LogP) is 4.92. The summed E-state index contributed by atoms with van der Waals surface area (Å²) in [6.45, 7) is 12.9. The molecule has 26 heavy (non-hydrogen) atoms. The van der Waals surface area contributed by atoms with Crippen molar-refractivity contribution in [3.8, 4) is 0 Å². The quantitative estimate of drug-likeness (QED) is 0.386. The van der Waals surface area contributed by atoms with Gasteiger partial charge in [-0.2, -0.15) is 0 Å². The number of carbonyl (C=O) groups is 2. The number of carbonyl (C=O) groups excluding carboxylic acids is 2. The van der Waals surface area contributed by atoms with Crippen LogP contribution in [0.4, 0.5) is 0 Å². The maximum Gasteiger partial charge on any atom is 0.285 e. The van der Waals surface area contributed by atoms with Crippen LogP contribution in [0.1, 0.15) is 61.3 Å². The Morgan fingerprint density at radius 3 is 2.15 bits per heavy atom. The Labute approximate surface area is 157 Å². The highest BCUT2D eigenvalue weighted by atomic mass is 28.4. The van der Waals surface area contributed by atoms with Crippen molar-refractivity contribution in [2.75, 3.05) is 0 Å². The number of rotatable bonds is 7. The first-order chi connectivity index (χ1) is 12.0. The van der Waals surface area contributed by atoms with E-state index in [9.17, 15) is 9.59 Å². The van der Waals surface area contributed by atoms with Gasteiger partial charge in [0, 0.05) is 0 Å². The molecule has 2 rings (SSSR count). The summed E-state index contributed by atoms with van der Waals surface area (Å²) in [6.07, 6.45) is 4.94. The van der Waals surface area contributed by atoms with Crippen molar-refractivity contribution in [2.24, 2.45) is 0 Å². The Morgan fingerprint density at radius 2 is 1.65 bits per heavy atom. The van der Waals surface area contributed by atoms with Gasteiger partial charge in [-0.25, -0.2) is 0 Å². The summed E-state index contributed by atoms with van der Waals surface area (Å²) in [5.74, 6) is -0.788. The highest BCUT2D eigenvalue weighted by Crippen LogP contribution is 2.36. The van der Waals surface area contributed by atoms with Crippen LogP contribution in [-0.4, -0.2) is 31.3 Å². The van der Waals surface area contributed by atoms with Gasteiger partial charge >= 0.3 is 0 Å². The molecule has 0 bridgehead atoms. The van der Waals surface area contributed by atoms with Gasteiger partial charge in [-0.05, 0) is 50.0 Å². The summed E-state index contributed by atoms with van der Waals surface area (Å²) in [5, 5.41) is 1.05. The molecule has 0 aliphatic carbocycles. The molecule has 0 saturated carbocycles. The molecule has 0 saturated heterocycles. The molecule has 0 fully saturated rings. The summed E-state index contributed by atoms with van der Waals surface area (Å²) >= 11 is 0. The summed E-state index contributed by atoms with van der Waals surface area (Å²) in [7, 11) is -1.78. The number of nitrogens with zero attached hydrogens (tertiary/aromatic N) is 1. The average Bonchev–Trinajstić information content (AvgIpc) is 2.79. The predicted molar refractivity (Wildman–Crippen MR) is 104 cm³/mol. The molecule has 1 unspecified atom stereocenters. The van der Waals surface area contributed by atoms with Crippen molar-refractivity contribution in [2.45, 2.75) is 64.8 Å². The Kier molecular flexibility index (Phi) is 6.08. The second kappa shape index (κ2) is 7.76. The SMILES string of the molecule is CC(CC/C=C\O[Si](C)(C)C(C)(C)C)ON1C(=O)c2ccccc2C1=O. The average molecular weight is 376 g/mol. The fourth-order valence-corrected chi connectivity index (χ4v) is 3.08. The Balaban J connectivity index is 1.82. The van der Waals surface area contributed by atoms with Crippen LogP contribution in [-0.2, 0) is 9.26 Å². The van der Waals surface area contributed by atoms with Crippen LogP contribution in [0.5, 0.6) is 0 Å². The number of allylic oxidation sites excluding steroid dienone is 1. The van der Waals surface area contributed by atoms with E-state index in [-0.39, 0.29) is 11.1 Å². The summed E-state index contributed by atoms with van der Waals surface area (Å²) in [4.78, 5) is 30.1. The van der Waals surface area contributed by atoms with Crippen LogP contribution in [0, 0.1) is 0 Å². The third kappa shape index (κ3) is 4.43. The number of fused-ring (bicyclic) bond motifs is 1. The lowest BCUT2D eigenvalue weighted by atomic mass is 10.1. The Morgan fingerprint density at radius 1 is 1.12 bits per heavy atom. The van der Waals surface area contributed by atoms with Crippen molar-refractivity contribution in [1.29, 1.82) is 0 Å². The monoisotopic (exact) mass is 375 g/mol. The Bertz CT molecular complexity index is 671. The molecule has 1 atom stereocenters. The molecule has 2 amide bonds. The number of imide groups is 1. The fraction of sp³-hybridized carbons (Fsp3) is 0.500. The van der Waals surface area contributed by atoms with Crippen molar-refractivity contribution in [1.82, 2.24) is 5.06 Å². The number of hydrogen-bond acceptors (Lipinski definition) is 4. The van der Waals surface area contributed by atoms with E-state index in [0.29, 0.717) is 17.5 Å². The van der Waals surface area contributed by atoms with Gasteiger partial charge in [-0.1, -0.05) is 39.0 Å². The second-order valence-electron chi connectivity index (χ2n) is 8.19. The third-order valence-electron chi connectivity index (χ3n) is 5.05. The number of hydroxylamine groups is 2. The molecule has 0 radical (unpaired) electrons. The lowest BCUT2D eigenvalue weighted by molar-refractivity contribution is -0.127. The number of amides is 2. The molecule has 0 spiro atoms. The summed E-state index contributed by atoms with van der Waals surface area (Å²) < 4.78 is 5.98. The topological polar surface area (TPSA) is 55.8 Å². The molecular weight excluding hydrogens is 346 g/mol. The van der Waals surface area contributed by atoms with Crippen LogP contribution in [0.3, 0.4) is 0 Å². The van der Waals surface area contributed by atoms with Gasteiger partial charge in [-0.15, -0.1) is 5.06 Å². The minimum Gasteiger partial charge on any atom is -0.549 e. The van der Waals surface area contributed by atoms with Gasteiger partial charge in [-0.3, -0.25) is 14.4 Å². The molecule has 142 valence electrons. The highest BCUT2D eigenvalue weighted by molar-refractivity contribution is 6.74. The largest absolute Gasteiger partial charge is 0.549 e. The molecular formula is C20H29NO4Si. The van der Waals surface area contributed by atoms with E-state index in [0.717, 1.165) is 11.5 Å². The van der Waals surface area contributed by atoms with Gasteiger partial charge in [0.1, 0.15) is 0 Å². The molecule has 6 heteroatoms. The molecule has 0 aromatic heterocycles. The Hall–Kier alpha value is -1.92. The van der Waals surface area contributed by atoms with E-state index in [1.807, 2.05) is 13.0 Å². The van der Waals surface area contributed by atoms with Gasteiger partial charge in [0.25, 0.3) is 11.8 Å². The molecule has 5 nitrogen and oxygen atoms in total. The van der Waals surface area contributed by atoms with Gasteiger partial charge in [0.05, 0.1) is 23.5 Å². The molecule has 1 aromatic carbocycles. The number of hydrogen-bond donors (Lipinski definition) is 0. The zero-order chi connectivity index (χ0) is 19.5. The maximum atomic E-state index is 12.3. The van der Waals surface area contributed by atoms with Crippen LogP contribution in [0.15, 0.2) is 36.6 Å². The maximum absolute atomic E-state index is 12.3. The van der Waals surface area contributed by atoms with Gasteiger partial charge in [0.15, 0.2) is 0 Å². The fourth-order valence-electron chi connectivity index (χ4n) is 2.29. The van der Waals surface area contributed by atoms with E-state index in [2.05, 4.69) is 33.9 Å². The summed E-state index contributed by atoms with van der Waals surface area (Å²) in [6, 6.07) is 6.77. The van der Waals surface area contributed by atoms with Crippen LogP contribution < -0.4 is 0 Å². The normalized spacial score (nSPS) is 16.3. The smallest absolute Gasteiger partial charge is 0.285 e. The number of benzene rings is 1. The standard InChI is InChI=1S/C20H29NO4Si/c1-15(11-9-10-14-24-26(5,6)20(2,3)4)25-21-18(22)16-12-7-8-13-17(16)19(21)23/h7-8,10,12-15H,9,11H2,1-6H3/b14-10-. The molecule has 1 aliphatic rings. The highest BCUT2D eigenvalue weighted by Gasteiger charge is 2.38. The first-order valence-electron chi connectivity index (χ1n) is 9.02. The molecule has 1 aliphatic heterocycles. The van der Waals surface area contributed by atoms with Crippen molar-refractivity contribution in [3.05, 3.63) is 47.7 Å². The van der Waals surface area contributed by atoms with Gasteiger partial charge in [0.2, 0.25) is 8.32 Å². The molecule has 0 N–H and O–H groups in total. The van der Waals surface area contributed by atoms with E-state index in [1.165, 1.54) is 0 Å². The minimum absolute atomic E-state index is 0.166. The summed E-state index contributed by atoms with van der Waals surface area (Å²) in [5.41, 5.74) is 0.791. The van der Waals surface area contributed by atoms with Crippen LogP contribution in [0.25, 0.3) is 0 Å². The third-order valence-corrected chi connectivity index (χ3v) is 9.38.